The summed E-state index contributed by atoms with van der Waals surface area (Å²) in [5.41, 5.74) is 0.0583. The van der Waals surface area contributed by atoms with E-state index in [4.69, 9.17) is 4.74 Å². The third kappa shape index (κ3) is 2.26. The first-order valence-corrected chi connectivity index (χ1v) is 5.85. The molecule has 0 fully saturated rings. The molecule has 0 atom stereocenters. The van der Waals surface area contributed by atoms with Gasteiger partial charge in [0.25, 0.3) is 0 Å². The average Bonchev–Trinajstić information content (AvgIpc) is 2.38. The summed E-state index contributed by atoms with van der Waals surface area (Å²) in [6.07, 6.45) is 0. The summed E-state index contributed by atoms with van der Waals surface area (Å²) in [5, 5.41) is 0. The maximum absolute atomic E-state index is 13.9. The monoisotopic (exact) mass is 282 g/mol. The fourth-order valence-electron chi connectivity index (χ4n) is 2.07. The van der Waals surface area contributed by atoms with E-state index in [-0.39, 0.29) is 27.9 Å². The van der Waals surface area contributed by atoms with Gasteiger partial charge in [-0.3, -0.25) is 0 Å². The summed E-state index contributed by atoms with van der Waals surface area (Å²) >= 11 is 0. The number of benzene rings is 2. The van der Waals surface area contributed by atoms with Crippen molar-refractivity contribution in [3.63, 3.8) is 0 Å². The van der Waals surface area contributed by atoms with E-state index < -0.39 is 23.3 Å². The summed E-state index contributed by atoms with van der Waals surface area (Å²) < 4.78 is 59.5. The highest BCUT2D eigenvalue weighted by molar-refractivity contribution is 6.36. The second-order valence-electron chi connectivity index (χ2n) is 4.45. The maximum Gasteiger partial charge on any atom is 0.168 e. The Balaban J connectivity index is 2.85. The smallest absolute Gasteiger partial charge is 0.168 e. The Hall–Kier alpha value is -1.98. The average molecular weight is 282 g/mol. The molecule has 0 saturated heterocycles. The number of hydrogen-bond acceptors (Lipinski definition) is 1. The zero-order valence-corrected chi connectivity index (χ0v) is 11.2. The van der Waals surface area contributed by atoms with E-state index >= 15 is 0 Å². The molecule has 0 aliphatic rings. The fraction of sp³-hybridized carbons (Fsp3) is 0.143. The van der Waals surface area contributed by atoms with Crippen LogP contribution in [0.4, 0.5) is 17.6 Å². The molecule has 0 saturated carbocycles. The van der Waals surface area contributed by atoms with Crippen LogP contribution in [0.1, 0.15) is 5.56 Å². The lowest BCUT2D eigenvalue weighted by atomic mass is 9.85. The van der Waals surface area contributed by atoms with Gasteiger partial charge in [0.2, 0.25) is 0 Å². The molecule has 1 nitrogen and oxygen atoms in total. The van der Waals surface area contributed by atoms with Gasteiger partial charge >= 0.3 is 0 Å². The van der Waals surface area contributed by atoms with Gasteiger partial charge in [0, 0.05) is 23.3 Å². The minimum Gasteiger partial charge on any atom is -0.493 e. The SMILES string of the molecule is Bc1c(F)cc(F)c(OC)c1-c1cc(C)c(F)cc1F. The lowest BCUT2D eigenvalue weighted by molar-refractivity contribution is 0.386. The summed E-state index contributed by atoms with van der Waals surface area (Å²) in [6.45, 7) is 1.44. The number of rotatable bonds is 2. The van der Waals surface area contributed by atoms with Crippen molar-refractivity contribution in [2.45, 2.75) is 6.92 Å². The Kier molecular flexibility index (Phi) is 3.75. The van der Waals surface area contributed by atoms with Crippen LogP contribution >= 0.6 is 0 Å². The van der Waals surface area contributed by atoms with Crippen molar-refractivity contribution in [3.05, 3.63) is 47.0 Å². The number of methoxy groups -OCH3 is 1. The van der Waals surface area contributed by atoms with E-state index in [1.165, 1.54) is 27.9 Å². The van der Waals surface area contributed by atoms with E-state index in [1.807, 2.05) is 0 Å². The lowest BCUT2D eigenvalue weighted by Crippen LogP contribution is -2.16. The van der Waals surface area contributed by atoms with Gasteiger partial charge < -0.3 is 4.74 Å². The molecule has 0 heterocycles. The highest BCUT2D eigenvalue weighted by Crippen LogP contribution is 2.34. The van der Waals surface area contributed by atoms with E-state index in [9.17, 15) is 17.6 Å². The second-order valence-corrected chi connectivity index (χ2v) is 4.45. The molecule has 2 aromatic carbocycles. The Bertz CT molecular complexity index is 686. The fourth-order valence-corrected chi connectivity index (χ4v) is 2.07. The summed E-state index contributed by atoms with van der Waals surface area (Å²) in [4.78, 5) is 0. The molecule has 2 rings (SSSR count). The van der Waals surface area contributed by atoms with Gasteiger partial charge in [-0.05, 0) is 24.0 Å². The molecule has 0 unspecified atom stereocenters. The highest BCUT2D eigenvalue weighted by atomic mass is 19.1. The van der Waals surface area contributed by atoms with Gasteiger partial charge in [-0.15, -0.1) is 0 Å². The number of hydrogen-bond donors (Lipinski definition) is 0. The lowest BCUT2D eigenvalue weighted by Gasteiger charge is -2.15. The molecule has 0 amide bonds. The van der Waals surface area contributed by atoms with Gasteiger partial charge in [-0.1, -0.05) is 0 Å². The molecule has 0 spiro atoms. The number of aryl methyl sites for hydroxylation is 1. The van der Waals surface area contributed by atoms with Crippen LogP contribution < -0.4 is 10.2 Å². The molecular weight excluding hydrogens is 271 g/mol. The molecule has 0 bridgehead atoms. The molecule has 20 heavy (non-hydrogen) atoms. The Morgan fingerprint density at radius 2 is 1.50 bits per heavy atom. The first kappa shape index (κ1) is 14.4. The topological polar surface area (TPSA) is 9.23 Å². The van der Waals surface area contributed by atoms with Crippen LogP contribution in [0.2, 0.25) is 0 Å². The molecule has 6 heteroatoms. The number of ether oxygens (including phenoxy) is 1. The predicted octanol–water partition coefficient (Wildman–Crippen LogP) is 2.49. The zero-order valence-electron chi connectivity index (χ0n) is 11.2. The molecular formula is C14H11BF4O. The first-order chi connectivity index (χ1) is 9.36. The van der Waals surface area contributed by atoms with E-state index in [2.05, 4.69) is 0 Å². The van der Waals surface area contributed by atoms with Crippen molar-refractivity contribution >= 4 is 13.3 Å². The van der Waals surface area contributed by atoms with Gasteiger partial charge in [0.15, 0.2) is 11.6 Å². The third-order valence-corrected chi connectivity index (χ3v) is 3.15. The number of halogens is 4. The molecule has 0 aliphatic carbocycles. The van der Waals surface area contributed by atoms with Crippen molar-refractivity contribution < 1.29 is 22.3 Å². The Morgan fingerprint density at radius 1 is 0.900 bits per heavy atom. The first-order valence-electron chi connectivity index (χ1n) is 5.85. The van der Waals surface area contributed by atoms with Crippen LogP contribution in [0, 0.1) is 30.2 Å². The van der Waals surface area contributed by atoms with Gasteiger partial charge in [0.1, 0.15) is 25.3 Å². The Labute approximate surface area is 114 Å². The largest absolute Gasteiger partial charge is 0.493 e. The van der Waals surface area contributed by atoms with Crippen LogP contribution in [-0.2, 0) is 0 Å². The van der Waals surface area contributed by atoms with Crippen molar-refractivity contribution in [3.8, 4) is 16.9 Å². The van der Waals surface area contributed by atoms with Gasteiger partial charge in [0.05, 0.1) is 7.11 Å². The normalized spacial score (nSPS) is 10.7. The van der Waals surface area contributed by atoms with Gasteiger partial charge in [-0.2, -0.15) is 0 Å². The molecule has 0 N–H and O–H groups in total. The predicted molar refractivity (Wildman–Crippen MR) is 71.2 cm³/mol. The van der Waals surface area contributed by atoms with Crippen LogP contribution in [0.15, 0.2) is 18.2 Å². The highest BCUT2D eigenvalue weighted by Gasteiger charge is 2.21. The molecule has 0 aliphatic heterocycles. The second kappa shape index (κ2) is 5.19. The standard InChI is InChI=1S/C14H11BF4O/c1-6-3-7(9(17)4-8(6)16)12-13(15)10(18)5-11(19)14(12)20-2/h3-5H,15H2,1-2H3. The minimum atomic E-state index is -0.938. The van der Waals surface area contributed by atoms with Crippen molar-refractivity contribution in [2.24, 2.45) is 0 Å². The molecule has 2 aromatic rings. The van der Waals surface area contributed by atoms with Gasteiger partial charge in [-0.25, -0.2) is 17.6 Å². The third-order valence-electron chi connectivity index (χ3n) is 3.15. The van der Waals surface area contributed by atoms with E-state index in [0.29, 0.717) is 12.1 Å². The summed E-state index contributed by atoms with van der Waals surface area (Å²) in [6, 6.07) is 2.56. The maximum atomic E-state index is 13.9. The zero-order chi connectivity index (χ0) is 15.0. The molecule has 104 valence electrons. The van der Waals surface area contributed by atoms with Crippen LogP contribution in [0.5, 0.6) is 5.75 Å². The van der Waals surface area contributed by atoms with Crippen molar-refractivity contribution in [1.82, 2.24) is 0 Å². The van der Waals surface area contributed by atoms with E-state index in [1.54, 1.807) is 0 Å². The molecule has 0 radical (unpaired) electrons. The van der Waals surface area contributed by atoms with Crippen molar-refractivity contribution in [2.75, 3.05) is 7.11 Å². The van der Waals surface area contributed by atoms with Crippen LogP contribution in [0.3, 0.4) is 0 Å². The molecule has 0 aromatic heterocycles. The summed E-state index contributed by atoms with van der Waals surface area (Å²) in [7, 11) is 2.58. The van der Waals surface area contributed by atoms with Crippen LogP contribution in [0.25, 0.3) is 11.1 Å². The van der Waals surface area contributed by atoms with Crippen LogP contribution in [-0.4, -0.2) is 15.0 Å². The summed E-state index contributed by atoms with van der Waals surface area (Å²) in [5.74, 6) is -3.65. The van der Waals surface area contributed by atoms with Crippen molar-refractivity contribution in [1.29, 1.82) is 0 Å². The van der Waals surface area contributed by atoms with E-state index in [0.717, 1.165) is 0 Å². The Morgan fingerprint density at radius 3 is 2.10 bits per heavy atom. The quantitative estimate of drug-likeness (QED) is 0.607. The minimum absolute atomic E-state index is 0.0353.